The Balaban J connectivity index is 2.39. The van der Waals surface area contributed by atoms with Gasteiger partial charge in [-0.2, -0.15) is 0 Å². The SMILES string of the molecule is CCC(C)NC(=O)C(C)N(Cc1ccc(Br)cc1)C(=O)CN(c1ccc(F)c(Cl)c1)S(C)(=O)=O. The highest BCUT2D eigenvalue weighted by Crippen LogP contribution is 2.25. The van der Waals surface area contributed by atoms with Crippen molar-refractivity contribution in [3.63, 3.8) is 0 Å². The zero-order valence-corrected chi connectivity index (χ0v) is 22.5. The molecule has 34 heavy (non-hydrogen) atoms. The third-order valence-electron chi connectivity index (χ3n) is 5.30. The molecule has 7 nitrogen and oxygen atoms in total. The van der Waals surface area contributed by atoms with Gasteiger partial charge in [-0.15, -0.1) is 0 Å². The predicted octanol–water partition coefficient (Wildman–Crippen LogP) is 4.34. The third-order valence-corrected chi connectivity index (χ3v) is 7.26. The van der Waals surface area contributed by atoms with E-state index in [2.05, 4.69) is 21.2 Å². The molecule has 2 unspecified atom stereocenters. The summed E-state index contributed by atoms with van der Waals surface area (Å²) < 4.78 is 40.3. The second-order valence-electron chi connectivity index (χ2n) is 8.01. The number of amides is 2. The highest BCUT2D eigenvalue weighted by molar-refractivity contribution is 9.10. The molecule has 2 atom stereocenters. The zero-order chi connectivity index (χ0) is 25.6. The minimum Gasteiger partial charge on any atom is -0.352 e. The zero-order valence-electron chi connectivity index (χ0n) is 19.4. The Kier molecular flexibility index (Phi) is 9.90. The molecule has 0 aliphatic carbocycles. The lowest BCUT2D eigenvalue weighted by Gasteiger charge is -2.32. The van der Waals surface area contributed by atoms with Gasteiger partial charge in [-0.1, -0.05) is 46.6 Å². The third kappa shape index (κ3) is 7.68. The van der Waals surface area contributed by atoms with Crippen LogP contribution in [0.1, 0.15) is 32.8 Å². The lowest BCUT2D eigenvalue weighted by Crippen LogP contribution is -2.52. The normalized spacial score (nSPS) is 13.1. The van der Waals surface area contributed by atoms with E-state index in [4.69, 9.17) is 11.6 Å². The lowest BCUT2D eigenvalue weighted by atomic mass is 10.1. The van der Waals surface area contributed by atoms with Crippen molar-refractivity contribution in [1.29, 1.82) is 0 Å². The van der Waals surface area contributed by atoms with Crippen LogP contribution in [0.15, 0.2) is 46.9 Å². The van der Waals surface area contributed by atoms with Gasteiger partial charge >= 0.3 is 0 Å². The first-order valence-corrected chi connectivity index (χ1v) is 13.6. The summed E-state index contributed by atoms with van der Waals surface area (Å²) in [5.74, 6) is -1.66. The molecular weight excluding hydrogens is 549 g/mol. The maximum atomic E-state index is 13.6. The van der Waals surface area contributed by atoms with Gasteiger partial charge in [-0.3, -0.25) is 13.9 Å². The van der Waals surface area contributed by atoms with Crippen LogP contribution >= 0.6 is 27.5 Å². The fourth-order valence-corrected chi connectivity index (χ4v) is 4.37. The Morgan fingerprint density at radius 3 is 2.29 bits per heavy atom. The molecule has 2 aromatic carbocycles. The second-order valence-corrected chi connectivity index (χ2v) is 11.2. The number of carbonyl (C=O) groups excluding carboxylic acids is 2. The molecule has 0 aliphatic heterocycles. The highest BCUT2D eigenvalue weighted by Gasteiger charge is 2.30. The van der Waals surface area contributed by atoms with Crippen molar-refractivity contribution >= 4 is 55.1 Å². The van der Waals surface area contributed by atoms with Crippen molar-refractivity contribution < 1.29 is 22.4 Å². The van der Waals surface area contributed by atoms with Crippen molar-refractivity contribution in [2.45, 2.75) is 45.8 Å². The van der Waals surface area contributed by atoms with Crippen LogP contribution in [0, 0.1) is 5.82 Å². The molecule has 1 N–H and O–H groups in total. The molecule has 0 saturated heterocycles. The number of nitrogens with zero attached hydrogens (tertiary/aromatic N) is 2. The van der Waals surface area contributed by atoms with Crippen LogP contribution in [0.3, 0.4) is 0 Å². The monoisotopic (exact) mass is 575 g/mol. The van der Waals surface area contributed by atoms with Gasteiger partial charge in [0, 0.05) is 17.1 Å². The molecule has 0 radical (unpaired) electrons. The van der Waals surface area contributed by atoms with Crippen LogP contribution in [-0.4, -0.2) is 50.0 Å². The van der Waals surface area contributed by atoms with Crippen molar-refractivity contribution in [3.8, 4) is 0 Å². The Bertz CT molecular complexity index is 1130. The number of halogens is 3. The minimum absolute atomic E-state index is 0.0440. The Hall–Kier alpha value is -2.17. The smallest absolute Gasteiger partial charge is 0.244 e. The maximum absolute atomic E-state index is 13.6. The predicted molar refractivity (Wildman–Crippen MR) is 136 cm³/mol. The van der Waals surface area contributed by atoms with Crippen molar-refractivity contribution in [2.24, 2.45) is 0 Å². The summed E-state index contributed by atoms with van der Waals surface area (Å²) in [7, 11) is -3.93. The molecule has 2 amide bonds. The number of nitrogens with one attached hydrogen (secondary N) is 1. The molecule has 0 bridgehead atoms. The molecule has 2 rings (SSSR count). The fraction of sp³-hybridized carbons (Fsp3) is 0.391. The van der Waals surface area contributed by atoms with Gasteiger partial charge in [-0.05, 0) is 56.2 Å². The number of benzene rings is 2. The first-order valence-electron chi connectivity index (χ1n) is 10.6. The minimum atomic E-state index is -3.93. The molecule has 0 saturated carbocycles. The largest absolute Gasteiger partial charge is 0.352 e. The molecule has 0 heterocycles. The lowest BCUT2D eigenvalue weighted by molar-refractivity contribution is -0.139. The van der Waals surface area contributed by atoms with Gasteiger partial charge < -0.3 is 10.2 Å². The number of sulfonamides is 1. The van der Waals surface area contributed by atoms with E-state index in [1.54, 1.807) is 19.1 Å². The van der Waals surface area contributed by atoms with Crippen molar-refractivity contribution in [3.05, 3.63) is 63.3 Å². The topological polar surface area (TPSA) is 86.8 Å². The molecule has 0 aliphatic rings. The summed E-state index contributed by atoms with van der Waals surface area (Å²) in [5, 5.41) is 2.59. The summed E-state index contributed by atoms with van der Waals surface area (Å²) in [4.78, 5) is 27.6. The average Bonchev–Trinajstić information content (AvgIpc) is 2.77. The Morgan fingerprint density at radius 2 is 1.76 bits per heavy atom. The van der Waals surface area contributed by atoms with Crippen LogP contribution in [0.25, 0.3) is 0 Å². The van der Waals surface area contributed by atoms with Crippen LogP contribution in [0.4, 0.5) is 10.1 Å². The van der Waals surface area contributed by atoms with Crippen molar-refractivity contribution in [1.82, 2.24) is 10.2 Å². The van der Waals surface area contributed by atoms with E-state index in [0.29, 0.717) is 6.42 Å². The van der Waals surface area contributed by atoms with E-state index in [1.807, 2.05) is 26.0 Å². The van der Waals surface area contributed by atoms with Gasteiger partial charge in [0.05, 0.1) is 17.0 Å². The first-order chi connectivity index (χ1) is 15.8. The molecule has 186 valence electrons. The van der Waals surface area contributed by atoms with Crippen LogP contribution < -0.4 is 9.62 Å². The number of anilines is 1. The molecular formula is C23H28BrClFN3O4S. The number of rotatable bonds is 10. The number of carbonyl (C=O) groups is 2. The van der Waals surface area contributed by atoms with E-state index >= 15 is 0 Å². The first kappa shape index (κ1) is 28.1. The van der Waals surface area contributed by atoms with Gasteiger partial charge in [0.1, 0.15) is 18.4 Å². The van der Waals surface area contributed by atoms with Gasteiger partial charge in [0.2, 0.25) is 21.8 Å². The summed E-state index contributed by atoms with van der Waals surface area (Å²) in [6, 6.07) is 9.67. The molecule has 11 heteroatoms. The number of hydrogen-bond donors (Lipinski definition) is 1. The maximum Gasteiger partial charge on any atom is 0.244 e. The van der Waals surface area contributed by atoms with Gasteiger partial charge in [0.15, 0.2) is 0 Å². The Labute approximate surface area is 213 Å². The Morgan fingerprint density at radius 1 is 1.15 bits per heavy atom. The van der Waals surface area contributed by atoms with Crippen LogP contribution in [-0.2, 0) is 26.2 Å². The quantitative estimate of drug-likeness (QED) is 0.456. The van der Waals surface area contributed by atoms with E-state index in [1.165, 1.54) is 11.0 Å². The molecule has 0 spiro atoms. The fourth-order valence-electron chi connectivity index (χ4n) is 3.09. The van der Waals surface area contributed by atoms with E-state index in [-0.39, 0.29) is 29.2 Å². The van der Waals surface area contributed by atoms with Crippen LogP contribution in [0.5, 0.6) is 0 Å². The number of hydrogen-bond acceptors (Lipinski definition) is 4. The molecule has 2 aromatic rings. The highest BCUT2D eigenvalue weighted by atomic mass is 79.9. The van der Waals surface area contributed by atoms with Gasteiger partial charge in [-0.25, -0.2) is 12.8 Å². The van der Waals surface area contributed by atoms with E-state index in [0.717, 1.165) is 32.7 Å². The van der Waals surface area contributed by atoms with E-state index in [9.17, 15) is 22.4 Å². The van der Waals surface area contributed by atoms with E-state index < -0.39 is 34.3 Å². The summed E-state index contributed by atoms with van der Waals surface area (Å²) >= 11 is 9.20. The van der Waals surface area contributed by atoms with Crippen LogP contribution in [0.2, 0.25) is 5.02 Å². The average molecular weight is 577 g/mol. The molecule has 0 aromatic heterocycles. The summed E-state index contributed by atoms with van der Waals surface area (Å²) in [5.41, 5.74) is 0.804. The standard InChI is InChI=1S/C23H28BrClFN3O4S/c1-5-15(2)27-23(31)16(3)28(13-17-6-8-18(24)9-7-17)22(30)14-29(34(4,32)33)19-10-11-21(26)20(25)12-19/h6-12,15-16H,5,13-14H2,1-4H3,(H,27,31). The van der Waals surface area contributed by atoms with Gasteiger partial charge in [0.25, 0.3) is 0 Å². The summed E-state index contributed by atoms with van der Waals surface area (Å²) in [6.07, 6.45) is 1.65. The van der Waals surface area contributed by atoms with Crippen molar-refractivity contribution in [2.75, 3.05) is 17.1 Å². The summed E-state index contributed by atoms with van der Waals surface area (Å²) in [6.45, 7) is 4.88. The second kappa shape index (κ2) is 12.0. The molecule has 0 fully saturated rings.